The fraction of sp³-hybridized carbons (Fsp3) is 0.308. The molecule has 3 nitrogen and oxygen atoms in total. The first-order valence-electron chi connectivity index (χ1n) is 5.71. The number of aryl methyl sites for hydroxylation is 2. The summed E-state index contributed by atoms with van der Waals surface area (Å²) in [6.45, 7) is 3.77. The summed E-state index contributed by atoms with van der Waals surface area (Å²) >= 11 is 0. The van der Waals surface area contributed by atoms with Gasteiger partial charge in [-0.25, -0.2) is 4.98 Å². The molecular formula is C13H12F3NO2. The summed E-state index contributed by atoms with van der Waals surface area (Å²) in [5.41, 5.74) is 1.39. The summed E-state index contributed by atoms with van der Waals surface area (Å²) in [6, 6.07) is 5.42. The molecule has 0 aliphatic rings. The van der Waals surface area contributed by atoms with Crippen LogP contribution in [-0.4, -0.2) is 11.3 Å². The molecule has 0 bridgehead atoms. The number of hydrogen-bond acceptors (Lipinski definition) is 3. The molecular weight excluding hydrogens is 259 g/mol. The van der Waals surface area contributed by atoms with E-state index in [0.717, 1.165) is 11.5 Å². The zero-order chi connectivity index (χ0) is 14.0. The van der Waals surface area contributed by atoms with Crippen molar-refractivity contribution in [3.8, 4) is 17.2 Å². The van der Waals surface area contributed by atoms with Gasteiger partial charge in [0.1, 0.15) is 11.5 Å². The molecule has 1 aromatic heterocycles. The minimum atomic E-state index is -4.68. The molecule has 2 rings (SSSR count). The Bertz CT molecular complexity index is 558. The van der Waals surface area contributed by atoms with E-state index in [-0.39, 0.29) is 5.75 Å². The number of benzene rings is 1. The van der Waals surface area contributed by atoms with Gasteiger partial charge in [0.2, 0.25) is 5.89 Å². The Kier molecular flexibility index (Phi) is 3.50. The summed E-state index contributed by atoms with van der Waals surface area (Å²) in [4.78, 5) is 4.23. The van der Waals surface area contributed by atoms with Crippen LogP contribution in [0.25, 0.3) is 11.5 Å². The molecule has 0 aliphatic heterocycles. The summed E-state index contributed by atoms with van der Waals surface area (Å²) < 4.78 is 45.3. The Balaban J connectivity index is 2.22. The van der Waals surface area contributed by atoms with Crippen molar-refractivity contribution in [1.29, 1.82) is 0 Å². The van der Waals surface area contributed by atoms with Crippen molar-refractivity contribution < 1.29 is 22.3 Å². The molecule has 0 radical (unpaired) electrons. The van der Waals surface area contributed by atoms with Crippen molar-refractivity contribution in [3.63, 3.8) is 0 Å². The molecule has 0 unspecified atom stereocenters. The first kappa shape index (κ1) is 13.5. The van der Waals surface area contributed by atoms with Crippen molar-refractivity contribution in [2.75, 3.05) is 0 Å². The van der Waals surface area contributed by atoms with E-state index >= 15 is 0 Å². The van der Waals surface area contributed by atoms with Crippen LogP contribution < -0.4 is 4.74 Å². The minimum Gasteiger partial charge on any atom is -0.441 e. The van der Waals surface area contributed by atoms with E-state index in [4.69, 9.17) is 4.42 Å². The SMILES string of the molecule is CCc1oc(-c2ccc(OC(F)(F)F)cc2)nc1C. The Labute approximate surface area is 108 Å². The molecule has 6 heteroatoms. The second-order valence-corrected chi connectivity index (χ2v) is 3.95. The van der Waals surface area contributed by atoms with Crippen LogP contribution in [0.5, 0.6) is 5.75 Å². The Morgan fingerprint density at radius 3 is 2.32 bits per heavy atom. The van der Waals surface area contributed by atoms with Crippen LogP contribution in [0.1, 0.15) is 18.4 Å². The number of nitrogens with zero attached hydrogens (tertiary/aromatic N) is 1. The quantitative estimate of drug-likeness (QED) is 0.842. The van der Waals surface area contributed by atoms with Gasteiger partial charge in [-0.15, -0.1) is 13.2 Å². The third-order valence-corrected chi connectivity index (χ3v) is 2.55. The number of ether oxygens (including phenoxy) is 1. The molecule has 0 saturated heterocycles. The predicted molar refractivity (Wildman–Crippen MR) is 62.7 cm³/mol. The lowest BCUT2D eigenvalue weighted by Gasteiger charge is -2.08. The summed E-state index contributed by atoms with van der Waals surface area (Å²) in [5, 5.41) is 0. The van der Waals surface area contributed by atoms with Gasteiger partial charge in [0, 0.05) is 12.0 Å². The highest BCUT2D eigenvalue weighted by Crippen LogP contribution is 2.27. The fourth-order valence-corrected chi connectivity index (χ4v) is 1.68. The van der Waals surface area contributed by atoms with Gasteiger partial charge in [-0.05, 0) is 31.2 Å². The van der Waals surface area contributed by atoms with Crippen LogP contribution in [0.4, 0.5) is 13.2 Å². The van der Waals surface area contributed by atoms with E-state index in [0.29, 0.717) is 17.9 Å². The van der Waals surface area contributed by atoms with Gasteiger partial charge < -0.3 is 9.15 Å². The maximum atomic E-state index is 12.0. The molecule has 1 aromatic carbocycles. The van der Waals surface area contributed by atoms with Crippen LogP contribution in [0.2, 0.25) is 0 Å². The summed E-state index contributed by atoms with van der Waals surface area (Å²) in [5.74, 6) is 0.897. The fourth-order valence-electron chi connectivity index (χ4n) is 1.68. The van der Waals surface area contributed by atoms with E-state index in [1.165, 1.54) is 24.3 Å². The lowest BCUT2D eigenvalue weighted by atomic mass is 10.2. The maximum Gasteiger partial charge on any atom is 0.573 e. The zero-order valence-corrected chi connectivity index (χ0v) is 10.4. The van der Waals surface area contributed by atoms with Crippen molar-refractivity contribution in [2.45, 2.75) is 26.6 Å². The normalized spacial score (nSPS) is 11.6. The average Bonchev–Trinajstić information content (AvgIpc) is 2.69. The zero-order valence-electron chi connectivity index (χ0n) is 10.4. The third kappa shape index (κ3) is 3.27. The number of hydrogen-bond donors (Lipinski definition) is 0. The number of aromatic nitrogens is 1. The molecule has 0 atom stereocenters. The van der Waals surface area contributed by atoms with Gasteiger partial charge in [0.15, 0.2) is 0 Å². The molecule has 0 saturated carbocycles. The number of halogens is 3. The summed E-state index contributed by atoms with van der Waals surface area (Å²) in [7, 11) is 0. The van der Waals surface area contributed by atoms with Gasteiger partial charge in [-0.2, -0.15) is 0 Å². The molecule has 19 heavy (non-hydrogen) atoms. The van der Waals surface area contributed by atoms with Crippen molar-refractivity contribution >= 4 is 0 Å². The third-order valence-electron chi connectivity index (χ3n) is 2.55. The number of rotatable bonds is 3. The molecule has 0 amide bonds. The van der Waals surface area contributed by atoms with Crippen LogP contribution in [0.15, 0.2) is 28.7 Å². The first-order valence-corrected chi connectivity index (χ1v) is 5.71. The molecule has 1 heterocycles. The molecule has 0 fully saturated rings. The van der Waals surface area contributed by atoms with Crippen LogP contribution in [0.3, 0.4) is 0 Å². The molecule has 0 spiro atoms. The Morgan fingerprint density at radius 1 is 1.21 bits per heavy atom. The van der Waals surface area contributed by atoms with E-state index in [2.05, 4.69) is 9.72 Å². The van der Waals surface area contributed by atoms with Crippen molar-refractivity contribution in [3.05, 3.63) is 35.7 Å². The molecule has 2 aromatic rings. The minimum absolute atomic E-state index is 0.268. The van der Waals surface area contributed by atoms with Gasteiger partial charge in [-0.1, -0.05) is 6.92 Å². The van der Waals surface area contributed by atoms with E-state index in [1.54, 1.807) is 0 Å². The number of alkyl halides is 3. The lowest BCUT2D eigenvalue weighted by Crippen LogP contribution is -2.16. The second-order valence-electron chi connectivity index (χ2n) is 3.95. The number of oxazole rings is 1. The van der Waals surface area contributed by atoms with Crippen molar-refractivity contribution in [1.82, 2.24) is 4.98 Å². The van der Waals surface area contributed by atoms with Gasteiger partial charge in [-0.3, -0.25) is 0 Å². The van der Waals surface area contributed by atoms with Gasteiger partial charge >= 0.3 is 6.36 Å². The Hall–Kier alpha value is -1.98. The van der Waals surface area contributed by atoms with Crippen LogP contribution in [0, 0.1) is 6.92 Å². The smallest absolute Gasteiger partial charge is 0.441 e. The van der Waals surface area contributed by atoms with E-state index in [9.17, 15) is 13.2 Å². The maximum absolute atomic E-state index is 12.0. The van der Waals surface area contributed by atoms with Gasteiger partial charge in [0.25, 0.3) is 0 Å². The van der Waals surface area contributed by atoms with Gasteiger partial charge in [0.05, 0.1) is 5.69 Å². The monoisotopic (exact) mass is 271 g/mol. The first-order chi connectivity index (χ1) is 8.89. The lowest BCUT2D eigenvalue weighted by molar-refractivity contribution is -0.274. The van der Waals surface area contributed by atoms with Crippen molar-refractivity contribution in [2.24, 2.45) is 0 Å². The van der Waals surface area contributed by atoms with Crippen LogP contribution >= 0.6 is 0 Å². The molecule has 0 N–H and O–H groups in total. The Morgan fingerprint density at radius 2 is 1.84 bits per heavy atom. The van der Waals surface area contributed by atoms with E-state index in [1.807, 2.05) is 13.8 Å². The highest BCUT2D eigenvalue weighted by atomic mass is 19.4. The molecule has 0 aliphatic carbocycles. The highest BCUT2D eigenvalue weighted by Gasteiger charge is 2.31. The van der Waals surface area contributed by atoms with Crippen LogP contribution in [-0.2, 0) is 6.42 Å². The predicted octanol–water partition coefficient (Wildman–Crippen LogP) is 4.11. The largest absolute Gasteiger partial charge is 0.573 e. The summed E-state index contributed by atoms with van der Waals surface area (Å²) in [6.07, 6.45) is -3.97. The average molecular weight is 271 g/mol. The topological polar surface area (TPSA) is 35.3 Å². The second kappa shape index (κ2) is 4.95. The van der Waals surface area contributed by atoms with E-state index < -0.39 is 6.36 Å². The standard InChI is InChI=1S/C13H12F3NO2/c1-3-11-8(2)17-12(18-11)9-4-6-10(7-5-9)19-13(14,15)16/h4-7H,3H2,1-2H3. The highest BCUT2D eigenvalue weighted by molar-refractivity contribution is 5.55. The molecule has 102 valence electrons.